The second-order valence-corrected chi connectivity index (χ2v) is 6.76. The predicted molar refractivity (Wildman–Crippen MR) is 84.2 cm³/mol. The van der Waals surface area contributed by atoms with E-state index in [1.165, 1.54) is 0 Å². The maximum absolute atomic E-state index is 12.5. The molecule has 0 saturated carbocycles. The van der Waals surface area contributed by atoms with E-state index in [9.17, 15) is 4.79 Å². The van der Waals surface area contributed by atoms with Gasteiger partial charge < -0.3 is 14.1 Å². The number of rotatable bonds is 4. The lowest BCUT2D eigenvalue weighted by Gasteiger charge is -2.31. The molecule has 0 aliphatic carbocycles. The zero-order valence-electron chi connectivity index (χ0n) is 13.5. The van der Waals surface area contributed by atoms with Gasteiger partial charge in [0.25, 0.3) is 0 Å². The molecule has 1 amide bonds. The highest BCUT2D eigenvalue weighted by molar-refractivity contribution is 7.09. The van der Waals surface area contributed by atoms with Crippen LogP contribution in [-0.2, 0) is 16.0 Å². The Kier molecular flexibility index (Phi) is 4.72. The molecule has 1 unspecified atom stereocenters. The van der Waals surface area contributed by atoms with Gasteiger partial charge in [-0.25, -0.2) is 4.98 Å². The van der Waals surface area contributed by atoms with Gasteiger partial charge in [-0.15, -0.1) is 21.5 Å². The third-order valence-electron chi connectivity index (χ3n) is 3.63. The number of aryl methyl sites for hydroxylation is 1. The number of hydrogen-bond acceptors (Lipinski definition) is 7. The molecule has 3 heterocycles. The summed E-state index contributed by atoms with van der Waals surface area (Å²) in [7, 11) is 0. The highest BCUT2D eigenvalue weighted by atomic mass is 32.1. The van der Waals surface area contributed by atoms with Crippen molar-refractivity contribution in [3.8, 4) is 0 Å². The van der Waals surface area contributed by atoms with Crippen molar-refractivity contribution in [1.82, 2.24) is 20.1 Å². The molecule has 3 rings (SSSR count). The van der Waals surface area contributed by atoms with Gasteiger partial charge in [0.1, 0.15) is 0 Å². The zero-order valence-corrected chi connectivity index (χ0v) is 14.3. The first-order valence-corrected chi connectivity index (χ1v) is 8.54. The van der Waals surface area contributed by atoms with Crippen LogP contribution in [0, 0.1) is 6.92 Å². The molecule has 1 atom stereocenters. The highest BCUT2D eigenvalue weighted by Crippen LogP contribution is 2.23. The molecule has 8 heteroatoms. The molecule has 0 bridgehead atoms. The van der Waals surface area contributed by atoms with Crippen LogP contribution < -0.4 is 0 Å². The molecular weight excluding hydrogens is 316 g/mol. The summed E-state index contributed by atoms with van der Waals surface area (Å²) in [5.41, 5.74) is 0.834. The standard InChI is InChI=1S/C15H20N4O3S/c1-9(2)15-16-11(8-23-15)6-13(20)19-4-5-21-12(7-19)14-18-17-10(3)22-14/h8-9,12H,4-7H2,1-3H3. The van der Waals surface area contributed by atoms with Crippen molar-refractivity contribution < 1.29 is 13.9 Å². The van der Waals surface area contributed by atoms with E-state index in [1.807, 2.05) is 5.38 Å². The minimum atomic E-state index is -0.351. The van der Waals surface area contributed by atoms with Gasteiger partial charge in [-0.05, 0) is 0 Å². The van der Waals surface area contributed by atoms with Crippen molar-refractivity contribution >= 4 is 17.2 Å². The Morgan fingerprint density at radius 1 is 1.48 bits per heavy atom. The maximum Gasteiger partial charge on any atom is 0.246 e. The van der Waals surface area contributed by atoms with Gasteiger partial charge in [0, 0.05) is 24.8 Å². The fraction of sp³-hybridized carbons (Fsp3) is 0.600. The van der Waals surface area contributed by atoms with Crippen molar-refractivity contribution in [1.29, 1.82) is 0 Å². The van der Waals surface area contributed by atoms with Crippen molar-refractivity contribution in [3.05, 3.63) is 27.9 Å². The lowest BCUT2D eigenvalue weighted by molar-refractivity contribution is -0.139. The molecular formula is C15H20N4O3S. The summed E-state index contributed by atoms with van der Waals surface area (Å²) in [6.45, 7) is 7.40. The fourth-order valence-electron chi connectivity index (χ4n) is 2.40. The number of aromatic nitrogens is 3. The minimum absolute atomic E-state index is 0.0511. The van der Waals surface area contributed by atoms with Gasteiger partial charge >= 0.3 is 0 Å². The molecule has 2 aromatic rings. The van der Waals surface area contributed by atoms with Crippen LogP contribution in [0.2, 0.25) is 0 Å². The van der Waals surface area contributed by atoms with Gasteiger partial charge in [0.2, 0.25) is 17.7 Å². The van der Waals surface area contributed by atoms with Gasteiger partial charge in [-0.2, -0.15) is 0 Å². The van der Waals surface area contributed by atoms with Gasteiger partial charge in [-0.3, -0.25) is 4.79 Å². The second-order valence-electron chi connectivity index (χ2n) is 5.87. The summed E-state index contributed by atoms with van der Waals surface area (Å²) < 4.78 is 11.0. The van der Waals surface area contributed by atoms with Gasteiger partial charge in [0.05, 0.1) is 30.3 Å². The Bertz CT molecular complexity index is 682. The molecule has 0 radical (unpaired) electrons. The monoisotopic (exact) mass is 336 g/mol. The van der Waals surface area contributed by atoms with E-state index in [-0.39, 0.29) is 12.0 Å². The van der Waals surface area contributed by atoms with Crippen LogP contribution in [0.5, 0.6) is 0 Å². The van der Waals surface area contributed by atoms with Crippen LogP contribution in [0.4, 0.5) is 0 Å². The predicted octanol–water partition coefficient (Wildman–Crippen LogP) is 2.10. The van der Waals surface area contributed by atoms with Crippen LogP contribution in [0.25, 0.3) is 0 Å². The first kappa shape index (κ1) is 16.1. The van der Waals surface area contributed by atoms with Crippen molar-refractivity contribution in [2.45, 2.75) is 39.2 Å². The topological polar surface area (TPSA) is 81.4 Å². The van der Waals surface area contributed by atoms with E-state index in [0.29, 0.717) is 43.8 Å². The number of amides is 1. The fourth-order valence-corrected chi connectivity index (χ4v) is 3.24. The first-order valence-electron chi connectivity index (χ1n) is 7.66. The van der Waals surface area contributed by atoms with E-state index < -0.39 is 0 Å². The smallest absolute Gasteiger partial charge is 0.246 e. The average Bonchev–Trinajstić information content (AvgIpc) is 3.16. The molecule has 0 N–H and O–H groups in total. The molecule has 1 aliphatic heterocycles. The summed E-state index contributed by atoms with van der Waals surface area (Å²) in [6.07, 6.45) is -0.0331. The molecule has 7 nitrogen and oxygen atoms in total. The lowest BCUT2D eigenvalue weighted by Crippen LogP contribution is -2.43. The largest absolute Gasteiger partial charge is 0.423 e. The summed E-state index contributed by atoms with van der Waals surface area (Å²) in [5, 5.41) is 10.8. The van der Waals surface area contributed by atoms with Crippen LogP contribution in [0.3, 0.4) is 0 Å². The third-order valence-corrected chi connectivity index (χ3v) is 4.83. The number of nitrogens with zero attached hydrogens (tertiary/aromatic N) is 4. The van der Waals surface area contributed by atoms with E-state index in [0.717, 1.165) is 10.7 Å². The van der Waals surface area contributed by atoms with Gasteiger partial charge in [-0.1, -0.05) is 13.8 Å². The zero-order chi connectivity index (χ0) is 16.4. The van der Waals surface area contributed by atoms with Crippen LogP contribution in [-0.4, -0.2) is 45.7 Å². The van der Waals surface area contributed by atoms with E-state index >= 15 is 0 Å². The van der Waals surface area contributed by atoms with Crippen molar-refractivity contribution in [3.63, 3.8) is 0 Å². The molecule has 2 aromatic heterocycles. The molecule has 0 aromatic carbocycles. The Labute approximate surface area is 138 Å². The maximum atomic E-state index is 12.5. The highest BCUT2D eigenvalue weighted by Gasteiger charge is 2.29. The summed E-state index contributed by atoms with van der Waals surface area (Å²) in [5.74, 6) is 1.36. The number of hydrogen-bond donors (Lipinski definition) is 0. The average molecular weight is 336 g/mol. The summed E-state index contributed by atoms with van der Waals surface area (Å²) >= 11 is 1.61. The molecule has 1 fully saturated rings. The van der Waals surface area contributed by atoms with Crippen LogP contribution >= 0.6 is 11.3 Å². The van der Waals surface area contributed by atoms with Crippen molar-refractivity contribution in [2.24, 2.45) is 0 Å². The molecule has 23 heavy (non-hydrogen) atoms. The quantitative estimate of drug-likeness (QED) is 0.850. The normalized spacial score (nSPS) is 18.6. The Balaban J connectivity index is 1.62. The van der Waals surface area contributed by atoms with Crippen molar-refractivity contribution in [2.75, 3.05) is 19.7 Å². The van der Waals surface area contributed by atoms with Crippen LogP contribution in [0.1, 0.15) is 48.4 Å². The molecule has 124 valence electrons. The van der Waals surface area contributed by atoms with Crippen LogP contribution in [0.15, 0.2) is 9.80 Å². The minimum Gasteiger partial charge on any atom is -0.423 e. The third kappa shape index (κ3) is 3.76. The number of ether oxygens (including phenoxy) is 1. The van der Waals surface area contributed by atoms with E-state index in [1.54, 1.807) is 23.2 Å². The number of carbonyl (C=O) groups is 1. The Hall–Kier alpha value is -1.80. The first-order chi connectivity index (χ1) is 11.0. The Morgan fingerprint density at radius 3 is 2.96 bits per heavy atom. The number of carbonyl (C=O) groups excluding carboxylic acids is 1. The Morgan fingerprint density at radius 2 is 2.30 bits per heavy atom. The molecule has 1 aliphatic rings. The summed E-state index contributed by atoms with van der Waals surface area (Å²) in [4.78, 5) is 18.8. The van der Waals surface area contributed by atoms with E-state index in [2.05, 4.69) is 29.0 Å². The van der Waals surface area contributed by atoms with E-state index in [4.69, 9.17) is 9.15 Å². The summed E-state index contributed by atoms with van der Waals surface area (Å²) in [6, 6.07) is 0. The number of thiazole rings is 1. The lowest BCUT2D eigenvalue weighted by atomic mass is 10.2. The number of morpholine rings is 1. The van der Waals surface area contributed by atoms with Gasteiger partial charge in [0.15, 0.2) is 6.10 Å². The second kappa shape index (κ2) is 6.76. The molecule has 1 saturated heterocycles. The SMILES string of the molecule is Cc1nnc(C2CN(C(=O)Cc3csc(C(C)C)n3)CCO2)o1. The molecule has 0 spiro atoms.